The first-order chi connectivity index (χ1) is 20.8. The molecule has 8 nitrogen and oxygen atoms in total. The number of aryl methyl sites for hydroxylation is 2. The van der Waals surface area contributed by atoms with Gasteiger partial charge in [0.05, 0.1) is 36.6 Å². The van der Waals surface area contributed by atoms with Gasteiger partial charge in [-0.25, -0.2) is 9.56 Å². The maximum Gasteiger partial charge on any atom is 0.475 e. The van der Waals surface area contributed by atoms with Crippen LogP contribution >= 0.6 is 7.82 Å². The molecule has 2 aliphatic rings. The van der Waals surface area contributed by atoms with Crippen LogP contribution in [0.5, 0.6) is 11.5 Å². The number of phosphoric acid groups is 1. The Morgan fingerprint density at radius 3 is 2.22 bits per heavy atom. The van der Waals surface area contributed by atoms with Crippen LogP contribution in [0.3, 0.4) is 0 Å². The van der Waals surface area contributed by atoms with Crippen molar-refractivity contribution in [1.82, 2.24) is 0 Å². The molecule has 1 unspecified atom stereocenters. The first-order valence-corrected chi connectivity index (χ1v) is 16.7. The Hall–Kier alpha value is -2.59. The molecule has 0 amide bonds. The molecular weight excluding hydrogens is 610 g/mol. The maximum atomic E-state index is 14.1. The van der Waals surface area contributed by atoms with Crippen molar-refractivity contribution >= 4 is 13.7 Å². The Morgan fingerprint density at radius 2 is 1.60 bits per heavy atom. The van der Waals surface area contributed by atoms with Crippen LogP contribution in [0.4, 0.5) is 13.2 Å². The largest absolute Gasteiger partial charge is 0.493 e. The van der Waals surface area contributed by atoms with E-state index in [1.54, 1.807) is 54.5 Å². The second-order valence-electron chi connectivity index (χ2n) is 13.6. The summed E-state index contributed by atoms with van der Waals surface area (Å²) in [5.41, 5.74) is -0.751. The third-order valence-electron chi connectivity index (χ3n) is 7.06. The van der Waals surface area contributed by atoms with Crippen LogP contribution in [0.25, 0.3) is 0 Å². The number of hydrogen-bond donors (Lipinski definition) is 0. The average molecular weight is 656 g/mol. The second kappa shape index (κ2) is 13.6. The number of fused-ring (bicyclic) bond motifs is 1. The van der Waals surface area contributed by atoms with Gasteiger partial charge in [-0.05, 0) is 102 Å². The first-order valence-electron chi connectivity index (χ1n) is 15.3. The summed E-state index contributed by atoms with van der Waals surface area (Å²) in [6.45, 7) is 12.9. The molecular formula is C33H45F3NO7P. The minimum Gasteiger partial charge on any atom is -0.493 e. The summed E-state index contributed by atoms with van der Waals surface area (Å²) in [7, 11) is -4.04. The molecule has 2 aliphatic heterocycles. The second-order valence-corrected chi connectivity index (χ2v) is 15.1. The normalized spacial score (nSPS) is 18.8. The summed E-state index contributed by atoms with van der Waals surface area (Å²) in [5.74, 6) is 1.11. The molecule has 0 bridgehead atoms. The Labute approximate surface area is 264 Å². The number of ether oxygens (including phenoxy) is 3. The minimum absolute atomic E-state index is 0.119. The van der Waals surface area contributed by atoms with Crippen LogP contribution in [0.1, 0.15) is 83.6 Å². The van der Waals surface area contributed by atoms with E-state index >= 15 is 0 Å². The van der Waals surface area contributed by atoms with Gasteiger partial charge in [0.25, 0.3) is 0 Å². The van der Waals surface area contributed by atoms with Gasteiger partial charge in [0.15, 0.2) is 5.90 Å². The Kier molecular flexibility index (Phi) is 10.7. The molecule has 1 atom stereocenters. The fourth-order valence-corrected chi connectivity index (χ4v) is 7.05. The van der Waals surface area contributed by atoms with Crippen LogP contribution in [0, 0.1) is 0 Å². The maximum absolute atomic E-state index is 14.1. The molecule has 4 rings (SSSR count). The number of nitrogens with zero attached hydrogens (tertiary/aromatic N) is 1. The standard InChI is InChI=1S/C33H45F3NO7P/c1-23-37-32(21-41-23,22-42-45(38,43-30(2,3)4)44-31(5,6)7)16-14-25-11-13-29(27(20-25)33(34,35)36)39-17-8-9-24-10-12-28-26(19-24)15-18-40-28/h10-13,19-20H,8-9,14-18,21-22H2,1-7H3. The fraction of sp³-hybridized carbons (Fsp3) is 0.606. The molecule has 0 spiro atoms. The molecule has 0 aliphatic carbocycles. The van der Waals surface area contributed by atoms with E-state index in [0.29, 0.717) is 30.9 Å². The predicted octanol–water partition coefficient (Wildman–Crippen LogP) is 8.53. The van der Waals surface area contributed by atoms with Gasteiger partial charge in [-0.1, -0.05) is 18.2 Å². The number of benzene rings is 2. The van der Waals surface area contributed by atoms with Gasteiger partial charge in [0, 0.05) is 13.3 Å². The third kappa shape index (κ3) is 10.5. The Bertz CT molecular complexity index is 1390. The lowest BCUT2D eigenvalue weighted by Gasteiger charge is -2.33. The lowest BCUT2D eigenvalue weighted by molar-refractivity contribution is -0.139. The van der Waals surface area contributed by atoms with E-state index in [9.17, 15) is 17.7 Å². The van der Waals surface area contributed by atoms with Gasteiger partial charge in [-0.15, -0.1) is 0 Å². The quantitative estimate of drug-likeness (QED) is 0.158. The SMILES string of the molecule is CC1=NC(CCc2ccc(OCCCc3ccc4c(c3)CCO4)c(C(F)(F)F)c2)(COP(=O)(OC(C)(C)C)OC(C)(C)C)CO1. The average Bonchev–Trinajstić information content (AvgIpc) is 3.53. The third-order valence-corrected chi connectivity index (χ3v) is 9.04. The van der Waals surface area contributed by atoms with Crippen molar-refractivity contribution in [3.63, 3.8) is 0 Å². The van der Waals surface area contributed by atoms with Crippen LogP contribution in [-0.2, 0) is 48.3 Å². The molecule has 2 aromatic rings. The topological polar surface area (TPSA) is 84.8 Å². The van der Waals surface area contributed by atoms with Crippen molar-refractivity contribution in [1.29, 1.82) is 0 Å². The molecule has 12 heteroatoms. The Balaban J connectivity index is 1.41. The van der Waals surface area contributed by atoms with E-state index in [0.717, 1.165) is 29.4 Å². The van der Waals surface area contributed by atoms with Gasteiger partial charge in [0.1, 0.15) is 23.6 Å². The summed E-state index contributed by atoms with van der Waals surface area (Å²) in [4.78, 5) is 4.60. The first kappa shape index (κ1) is 35.3. The van der Waals surface area contributed by atoms with Gasteiger partial charge >= 0.3 is 14.0 Å². The lowest BCUT2D eigenvalue weighted by Crippen LogP contribution is -2.36. The summed E-state index contributed by atoms with van der Waals surface area (Å²) >= 11 is 0. The summed E-state index contributed by atoms with van der Waals surface area (Å²) in [6.07, 6.45) is -1.96. The van der Waals surface area contributed by atoms with Crippen molar-refractivity contribution in [2.45, 2.75) is 103 Å². The molecule has 45 heavy (non-hydrogen) atoms. The monoisotopic (exact) mass is 655 g/mol. The fourth-order valence-electron chi connectivity index (χ4n) is 5.16. The van der Waals surface area contributed by atoms with E-state index in [1.807, 2.05) is 12.1 Å². The van der Waals surface area contributed by atoms with Crippen molar-refractivity contribution in [2.75, 3.05) is 26.4 Å². The van der Waals surface area contributed by atoms with Gasteiger partial charge in [-0.2, -0.15) is 13.2 Å². The molecule has 0 fully saturated rings. The van der Waals surface area contributed by atoms with Crippen molar-refractivity contribution < 1.29 is 45.5 Å². The minimum atomic E-state index is -4.60. The van der Waals surface area contributed by atoms with E-state index in [2.05, 4.69) is 11.1 Å². The predicted molar refractivity (Wildman–Crippen MR) is 166 cm³/mol. The highest BCUT2D eigenvalue weighted by Crippen LogP contribution is 2.56. The summed E-state index contributed by atoms with van der Waals surface area (Å²) < 4.78 is 90.0. The highest BCUT2D eigenvalue weighted by atomic mass is 31.2. The number of aliphatic imine (C=N–C) groups is 1. The zero-order valence-corrected chi connectivity index (χ0v) is 28.1. The number of phosphoric ester groups is 1. The molecule has 250 valence electrons. The number of rotatable bonds is 13. The Morgan fingerprint density at radius 1 is 0.933 bits per heavy atom. The van der Waals surface area contributed by atoms with E-state index in [1.165, 1.54) is 6.07 Å². The van der Waals surface area contributed by atoms with E-state index in [4.69, 9.17) is 27.8 Å². The van der Waals surface area contributed by atoms with Gasteiger partial charge in [0.2, 0.25) is 0 Å². The molecule has 0 aromatic heterocycles. The van der Waals surface area contributed by atoms with E-state index in [-0.39, 0.29) is 38.4 Å². The lowest BCUT2D eigenvalue weighted by atomic mass is 9.93. The van der Waals surface area contributed by atoms with Gasteiger partial charge in [-0.3, -0.25) is 13.6 Å². The van der Waals surface area contributed by atoms with E-state index < -0.39 is 36.3 Å². The zero-order valence-electron chi connectivity index (χ0n) is 27.2. The molecule has 0 radical (unpaired) electrons. The highest BCUT2D eigenvalue weighted by molar-refractivity contribution is 7.48. The summed E-state index contributed by atoms with van der Waals surface area (Å²) in [5, 5.41) is 0. The smallest absolute Gasteiger partial charge is 0.475 e. The number of hydrogen-bond acceptors (Lipinski definition) is 8. The molecule has 0 saturated heterocycles. The van der Waals surface area contributed by atoms with Crippen LogP contribution in [0.15, 0.2) is 41.4 Å². The van der Waals surface area contributed by atoms with Crippen LogP contribution < -0.4 is 9.47 Å². The number of alkyl halides is 3. The zero-order chi connectivity index (χ0) is 33.1. The highest BCUT2D eigenvalue weighted by Gasteiger charge is 2.43. The van der Waals surface area contributed by atoms with Crippen LogP contribution in [0.2, 0.25) is 0 Å². The molecule has 2 aromatic carbocycles. The van der Waals surface area contributed by atoms with Crippen molar-refractivity contribution in [3.05, 3.63) is 58.7 Å². The molecule has 2 heterocycles. The molecule has 0 saturated carbocycles. The number of halogens is 3. The van der Waals surface area contributed by atoms with Crippen molar-refractivity contribution in [3.8, 4) is 11.5 Å². The van der Waals surface area contributed by atoms with Gasteiger partial charge < -0.3 is 14.2 Å². The van der Waals surface area contributed by atoms with Crippen LogP contribution in [-0.4, -0.2) is 49.1 Å². The summed E-state index contributed by atoms with van der Waals surface area (Å²) in [6, 6.07) is 10.1. The molecule has 0 N–H and O–H groups in total. The van der Waals surface area contributed by atoms with Crippen molar-refractivity contribution in [2.24, 2.45) is 4.99 Å².